The van der Waals surface area contributed by atoms with Gasteiger partial charge in [-0.15, -0.1) is 0 Å². The molecular weight excluding hydrogens is 440 g/mol. The monoisotopic (exact) mass is 466 g/mol. The van der Waals surface area contributed by atoms with Gasteiger partial charge < -0.3 is 14.4 Å². The van der Waals surface area contributed by atoms with Gasteiger partial charge in [0.2, 0.25) is 5.91 Å². The van der Waals surface area contributed by atoms with E-state index in [0.717, 1.165) is 40.8 Å². The van der Waals surface area contributed by atoms with E-state index in [1.165, 1.54) is 0 Å². The summed E-state index contributed by atoms with van der Waals surface area (Å²) in [4.78, 5) is 40.6. The van der Waals surface area contributed by atoms with Gasteiger partial charge in [0, 0.05) is 18.7 Å². The zero-order valence-electron chi connectivity index (χ0n) is 18.5. The Morgan fingerprint density at radius 2 is 1.70 bits per heavy atom. The number of hydrogen-bond acceptors (Lipinski definition) is 6. The van der Waals surface area contributed by atoms with Crippen molar-refractivity contribution in [1.82, 2.24) is 9.80 Å². The first kappa shape index (κ1) is 22.9. The van der Waals surface area contributed by atoms with E-state index in [9.17, 15) is 14.4 Å². The molecule has 4 rings (SSSR count). The lowest BCUT2D eigenvalue weighted by Gasteiger charge is -2.18. The number of aryl methyl sites for hydroxylation is 1. The maximum Gasteiger partial charge on any atom is 0.294 e. The number of hydrogen-bond donors (Lipinski definition) is 0. The van der Waals surface area contributed by atoms with Crippen LogP contribution in [0.5, 0.6) is 11.5 Å². The fourth-order valence-corrected chi connectivity index (χ4v) is 4.49. The molecule has 2 aromatic rings. The lowest BCUT2D eigenvalue weighted by atomic mass is 10.2. The SMILES string of the molecule is Cc1ccc(OCCOc2ccccc2/C=C2\SC(=O)N(CC(=O)N3CCCC3)C2=O)cc1. The quantitative estimate of drug-likeness (QED) is 0.431. The lowest BCUT2D eigenvalue weighted by molar-refractivity contribution is -0.135. The predicted octanol–water partition coefficient (Wildman–Crippen LogP) is 4.11. The van der Waals surface area contributed by atoms with Crippen molar-refractivity contribution < 1.29 is 23.9 Å². The molecule has 0 unspecified atom stereocenters. The van der Waals surface area contributed by atoms with Gasteiger partial charge in [-0.25, -0.2) is 0 Å². The molecule has 0 atom stereocenters. The molecule has 172 valence electrons. The van der Waals surface area contributed by atoms with Gasteiger partial charge in [-0.1, -0.05) is 35.9 Å². The standard InChI is InChI=1S/C25H26N2O5S/c1-18-8-10-20(11-9-18)31-14-15-32-21-7-3-2-6-19(21)16-22-24(29)27(25(30)33-22)17-23(28)26-12-4-5-13-26/h2-3,6-11,16H,4-5,12-15,17H2,1H3/b22-16-. The highest BCUT2D eigenvalue weighted by Crippen LogP contribution is 2.34. The van der Waals surface area contributed by atoms with Gasteiger partial charge in [-0.3, -0.25) is 19.3 Å². The minimum absolute atomic E-state index is 0.187. The minimum atomic E-state index is -0.449. The number of para-hydroxylation sites is 1. The van der Waals surface area contributed by atoms with Crippen molar-refractivity contribution in [3.63, 3.8) is 0 Å². The number of imide groups is 1. The Kier molecular flexibility index (Phi) is 7.34. The van der Waals surface area contributed by atoms with Crippen molar-refractivity contribution in [1.29, 1.82) is 0 Å². The molecule has 0 bridgehead atoms. The van der Waals surface area contributed by atoms with Gasteiger partial charge in [0.05, 0.1) is 4.91 Å². The second kappa shape index (κ2) is 10.6. The summed E-state index contributed by atoms with van der Waals surface area (Å²) in [6.07, 6.45) is 3.56. The first-order valence-corrected chi connectivity index (χ1v) is 11.8. The Bertz CT molecular complexity index is 1060. The smallest absolute Gasteiger partial charge is 0.294 e. The first-order valence-electron chi connectivity index (χ1n) is 11.0. The molecule has 2 aliphatic heterocycles. The van der Waals surface area contributed by atoms with Crippen LogP contribution in [0.3, 0.4) is 0 Å². The average Bonchev–Trinajstić information content (AvgIpc) is 3.44. The molecule has 2 aliphatic rings. The number of rotatable bonds is 8. The number of amides is 3. The van der Waals surface area contributed by atoms with Crippen molar-refractivity contribution >= 4 is 34.9 Å². The third kappa shape index (κ3) is 5.76. The van der Waals surface area contributed by atoms with Crippen LogP contribution >= 0.6 is 11.8 Å². The molecule has 2 fully saturated rings. The first-order chi connectivity index (χ1) is 16.0. The zero-order chi connectivity index (χ0) is 23.2. The highest BCUT2D eigenvalue weighted by molar-refractivity contribution is 8.18. The molecule has 2 heterocycles. The summed E-state index contributed by atoms with van der Waals surface area (Å²) in [6, 6.07) is 15.1. The molecule has 0 N–H and O–H groups in total. The molecule has 2 aromatic carbocycles. The Morgan fingerprint density at radius 3 is 2.45 bits per heavy atom. The summed E-state index contributed by atoms with van der Waals surface area (Å²) in [5, 5.41) is -0.427. The van der Waals surface area contributed by atoms with Gasteiger partial charge in [0.25, 0.3) is 11.1 Å². The molecular formula is C25H26N2O5S. The Labute approximate surface area is 197 Å². The third-order valence-corrected chi connectivity index (χ3v) is 6.37. The van der Waals surface area contributed by atoms with Crippen LogP contribution in [-0.2, 0) is 9.59 Å². The number of likely N-dealkylation sites (tertiary alicyclic amines) is 1. The molecule has 0 radical (unpaired) electrons. The van der Waals surface area contributed by atoms with Crippen molar-refractivity contribution in [3.8, 4) is 11.5 Å². The predicted molar refractivity (Wildman–Crippen MR) is 127 cm³/mol. The maximum atomic E-state index is 12.8. The van der Waals surface area contributed by atoms with E-state index in [4.69, 9.17) is 9.47 Å². The van der Waals surface area contributed by atoms with E-state index in [-0.39, 0.29) is 17.4 Å². The molecule has 0 aromatic heterocycles. The number of benzene rings is 2. The normalized spacial score (nSPS) is 17.2. The van der Waals surface area contributed by atoms with Crippen molar-refractivity contribution in [2.75, 3.05) is 32.8 Å². The highest BCUT2D eigenvalue weighted by atomic mass is 32.2. The van der Waals surface area contributed by atoms with Crippen LogP contribution in [0, 0.1) is 6.92 Å². The second-order valence-electron chi connectivity index (χ2n) is 7.90. The van der Waals surface area contributed by atoms with Crippen LogP contribution in [0.15, 0.2) is 53.4 Å². The fourth-order valence-electron chi connectivity index (χ4n) is 3.66. The second-order valence-corrected chi connectivity index (χ2v) is 8.90. The summed E-state index contributed by atoms with van der Waals surface area (Å²) >= 11 is 0.844. The lowest BCUT2D eigenvalue weighted by Crippen LogP contribution is -2.40. The summed E-state index contributed by atoms with van der Waals surface area (Å²) in [5.74, 6) is 0.725. The summed E-state index contributed by atoms with van der Waals surface area (Å²) in [7, 11) is 0. The van der Waals surface area contributed by atoms with Crippen LogP contribution in [0.2, 0.25) is 0 Å². The van der Waals surface area contributed by atoms with Crippen molar-refractivity contribution in [3.05, 3.63) is 64.6 Å². The number of carbonyl (C=O) groups excluding carboxylic acids is 3. The molecule has 0 saturated carbocycles. The van der Waals surface area contributed by atoms with Crippen LogP contribution in [0.25, 0.3) is 6.08 Å². The van der Waals surface area contributed by atoms with Crippen molar-refractivity contribution in [2.45, 2.75) is 19.8 Å². The van der Waals surface area contributed by atoms with E-state index < -0.39 is 11.1 Å². The van der Waals surface area contributed by atoms with Gasteiger partial charge in [-0.05, 0) is 55.8 Å². The molecule has 3 amide bonds. The maximum absolute atomic E-state index is 12.8. The highest BCUT2D eigenvalue weighted by Gasteiger charge is 2.37. The van der Waals surface area contributed by atoms with Crippen LogP contribution in [-0.4, -0.2) is 59.7 Å². The van der Waals surface area contributed by atoms with E-state index in [0.29, 0.717) is 37.6 Å². The third-order valence-electron chi connectivity index (χ3n) is 5.46. The van der Waals surface area contributed by atoms with Gasteiger partial charge in [-0.2, -0.15) is 0 Å². The topological polar surface area (TPSA) is 76.2 Å². The fraction of sp³-hybridized carbons (Fsp3) is 0.320. The zero-order valence-corrected chi connectivity index (χ0v) is 19.3. The van der Waals surface area contributed by atoms with Crippen molar-refractivity contribution in [2.24, 2.45) is 0 Å². The number of carbonyl (C=O) groups is 3. The van der Waals surface area contributed by atoms with E-state index in [1.807, 2.05) is 49.4 Å². The van der Waals surface area contributed by atoms with Gasteiger partial charge >= 0.3 is 0 Å². The number of thioether (sulfide) groups is 1. The Balaban J connectivity index is 1.37. The summed E-state index contributed by atoms with van der Waals surface area (Å²) < 4.78 is 11.6. The Morgan fingerprint density at radius 1 is 1.00 bits per heavy atom. The molecule has 33 heavy (non-hydrogen) atoms. The van der Waals surface area contributed by atoms with Gasteiger partial charge in [0.1, 0.15) is 31.3 Å². The van der Waals surface area contributed by atoms with Crippen LogP contribution in [0.1, 0.15) is 24.0 Å². The summed E-state index contributed by atoms with van der Waals surface area (Å²) in [5.41, 5.74) is 1.85. The van der Waals surface area contributed by atoms with E-state index >= 15 is 0 Å². The molecule has 2 saturated heterocycles. The number of nitrogens with zero attached hydrogens (tertiary/aromatic N) is 2. The van der Waals surface area contributed by atoms with E-state index in [1.54, 1.807) is 17.0 Å². The number of ether oxygens (including phenoxy) is 2. The van der Waals surface area contributed by atoms with Crippen LogP contribution in [0.4, 0.5) is 4.79 Å². The summed E-state index contributed by atoms with van der Waals surface area (Å²) in [6.45, 7) is 3.87. The average molecular weight is 467 g/mol. The largest absolute Gasteiger partial charge is 0.490 e. The van der Waals surface area contributed by atoms with Crippen LogP contribution < -0.4 is 9.47 Å². The molecule has 0 aliphatic carbocycles. The molecule has 7 nitrogen and oxygen atoms in total. The van der Waals surface area contributed by atoms with E-state index in [2.05, 4.69) is 0 Å². The van der Waals surface area contributed by atoms with Gasteiger partial charge in [0.15, 0.2) is 0 Å². The minimum Gasteiger partial charge on any atom is -0.490 e. The Hall–Kier alpha value is -3.26. The molecule has 8 heteroatoms. The molecule has 0 spiro atoms.